The summed E-state index contributed by atoms with van der Waals surface area (Å²) in [5.41, 5.74) is 1.86. The van der Waals surface area contributed by atoms with Gasteiger partial charge in [-0.3, -0.25) is 4.90 Å². The van der Waals surface area contributed by atoms with Gasteiger partial charge >= 0.3 is 12.1 Å². The van der Waals surface area contributed by atoms with Crippen LogP contribution in [0.5, 0.6) is 0 Å². The van der Waals surface area contributed by atoms with Crippen molar-refractivity contribution in [3.05, 3.63) is 48.0 Å². The molecule has 0 amide bonds. The lowest BCUT2D eigenvalue weighted by molar-refractivity contribution is -0.192. The molecular weight excluding hydrogens is 417 g/mol. The Bertz CT molecular complexity index is 961. The van der Waals surface area contributed by atoms with E-state index in [0.717, 1.165) is 49.5 Å². The van der Waals surface area contributed by atoms with E-state index in [1.165, 1.54) is 5.39 Å². The predicted octanol–water partition coefficient (Wildman–Crippen LogP) is 3.64. The number of benzene rings is 1. The highest BCUT2D eigenvalue weighted by Crippen LogP contribution is 2.25. The van der Waals surface area contributed by atoms with Crippen molar-refractivity contribution in [2.45, 2.75) is 38.2 Å². The van der Waals surface area contributed by atoms with E-state index >= 15 is 0 Å². The van der Waals surface area contributed by atoms with Crippen molar-refractivity contribution in [3.63, 3.8) is 0 Å². The van der Waals surface area contributed by atoms with Crippen LogP contribution in [0.2, 0.25) is 0 Å². The number of carboxylic acid groups (broad SMARTS) is 1. The molecule has 0 radical (unpaired) electrons. The number of carbonyl (C=O) groups is 1. The number of alkyl halides is 3. The number of likely N-dealkylation sites (tertiary alicyclic amines) is 1. The summed E-state index contributed by atoms with van der Waals surface area (Å²) in [6, 6.07) is 10.7. The van der Waals surface area contributed by atoms with E-state index in [1.54, 1.807) is 7.11 Å². The van der Waals surface area contributed by atoms with E-state index in [2.05, 4.69) is 27.3 Å². The van der Waals surface area contributed by atoms with Crippen LogP contribution in [0, 0.1) is 0 Å². The van der Waals surface area contributed by atoms with Gasteiger partial charge in [-0.1, -0.05) is 23.4 Å². The second kappa shape index (κ2) is 9.92. The fourth-order valence-corrected chi connectivity index (χ4v) is 3.38. The fourth-order valence-electron chi connectivity index (χ4n) is 3.38. The molecule has 2 aromatic heterocycles. The SMILES string of the molecule is COCc1cn(C2CCN(Cc3cc4ccccc4o3)CC2)nn1.O=C(O)C(F)(F)F. The van der Waals surface area contributed by atoms with Crippen LogP contribution < -0.4 is 0 Å². The van der Waals surface area contributed by atoms with Gasteiger partial charge in [-0.2, -0.15) is 13.2 Å². The van der Waals surface area contributed by atoms with Gasteiger partial charge in [-0.05, 0) is 25.0 Å². The molecule has 1 aliphatic heterocycles. The Morgan fingerprint density at radius 1 is 1.29 bits per heavy atom. The molecule has 1 fully saturated rings. The average molecular weight is 440 g/mol. The monoisotopic (exact) mass is 440 g/mol. The van der Waals surface area contributed by atoms with Crippen LogP contribution in [0.3, 0.4) is 0 Å². The highest BCUT2D eigenvalue weighted by Gasteiger charge is 2.38. The number of aliphatic carboxylic acids is 1. The molecule has 1 aliphatic rings. The molecule has 0 saturated carbocycles. The third kappa shape index (κ3) is 6.28. The zero-order valence-electron chi connectivity index (χ0n) is 16.9. The number of piperidine rings is 1. The van der Waals surface area contributed by atoms with Gasteiger partial charge in [-0.25, -0.2) is 9.48 Å². The van der Waals surface area contributed by atoms with Gasteiger partial charge in [0.2, 0.25) is 0 Å². The number of para-hydroxylation sites is 1. The van der Waals surface area contributed by atoms with Gasteiger partial charge < -0.3 is 14.3 Å². The molecule has 3 heterocycles. The van der Waals surface area contributed by atoms with E-state index in [-0.39, 0.29) is 0 Å². The van der Waals surface area contributed by atoms with E-state index < -0.39 is 12.1 Å². The van der Waals surface area contributed by atoms with Gasteiger partial charge in [0, 0.05) is 25.6 Å². The zero-order valence-corrected chi connectivity index (χ0v) is 16.9. The minimum atomic E-state index is -5.08. The van der Waals surface area contributed by atoms with Crippen LogP contribution >= 0.6 is 0 Å². The molecule has 1 saturated heterocycles. The number of hydrogen-bond acceptors (Lipinski definition) is 6. The first-order valence-electron chi connectivity index (χ1n) is 9.66. The molecule has 1 N–H and O–H groups in total. The summed E-state index contributed by atoms with van der Waals surface area (Å²) in [5, 5.41) is 16.7. The summed E-state index contributed by atoms with van der Waals surface area (Å²) in [4.78, 5) is 11.3. The van der Waals surface area contributed by atoms with Crippen LogP contribution in [-0.4, -0.2) is 57.3 Å². The standard InChI is InChI=1S/C18H22N4O2.C2HF3O2/c1-23-13-15-11-22(20-19-15)16-6-8-21(9-7-16)12-17-10-14-4-2-3-5-18(14)24-17;3-2(4,5)1(6)7/h2-5,10-11,16H,6-9,12-13H2,1H3;(H,6,7). The summed E-state index contributed by atoms with van der Waals surface area (Å²) in [5.74, 6) is -1.72. The summed E-state index contributed by atoms with van der Waals surface area (Å²) >= 11 is 0. The van der Waals surface area contributed by atoms with Crippen LogP contribution in [0.1, 0.15) is 30.3 Å². The minimum Gasteiger partial charge on any atom is -0.475 e. The predicted molar refractivity (Wildman–Crippen MR) is 104 cm³/mol. The van der Waals surface area contributed by atoms with Crippen LogP contribution in [0.25, 0.3) is 11.0 Å². The Morgan fingerprint density at radius 3 is 2.58 bits per heavy atom. The van der Waals surface area contributed by atoms with Gasteiger partial charge in [0.15, 0.2) is 0 Å². The largest absolute Gasteiger partial charge is 0.490 e. The third-order valence-corrected chi connectivity index (χ3v) is 4.88. The Morgan fingerprint density at radius 2 is 1.97 bits per heavy atom. The highest BCUT2D eigenvalue weighted by atomic mass is 19.4. The first-order chi connectivity index (χ1) is 14.8. The number of halogens is 3. The molecule has 1 aromatic carbocycles. The van der Waals surface area contributed by atoms with E-state index in [1.807, 2.05) is 29.1 Å². The van der Waals surface area contributed by atoms with Crippen LogP contribution in [-0.2, 0) is 22.7 Å². The van der Waals surface area contributed by atoms with Gasteiger partial charge in [0.05, 0.1) is 25.4 Å². The first kappa shape index (κ1) is 22.8. The van der Waals surface area contributed by atoms with Crippen molar-refractivity contribution in [1.29, 1.82) is 0 Å². The quantitative estimate of drug-likeness (QED) is 0.647. The van der Waals surface area contributed by atoms with Crippen molar-refractivity contribution in [2.24, 2.45) is 0 Å². The number of aromatic nitrogens is 3. The molecule has 168 valence electrons. The summed E-state index contributed by atoms with van der Waals surface area (Å²) in [6.45, 7) is 3.47. The molecule has 0 bridgehead atoms. The smallest absolute Gasteiger partial charge is 0.475 e. The molecular formula is C20H23F3N4O4. The van der Waals surface area contributed by atoms with Gasteiger partial charge in [0.1, 0.15) is 17.0 Å². The number of carboxylic acids is 1. The van der Waals surface area contributed by atoms with E-state index in [4.69, 9.17) is 19.1 Å². The minimum absolute atomic E-state index is 0.426. The second-order valence-electron chi connectivity index (χ2n) is 7.18. The Kier molecular flexibility index (Phi) is 7.29. The Hall–Kier alpha value is -2.92. The fraction of sp³-hybridized carbons (Fsp3) is 0.450. The lowest BCUT2D eigenvalue weighted by atomic mass is 10.1. The topological polar surface area (TPSA) is 93.6 Å². The molecule has 11 heteroatoms. The number of hydrogen-bond donors (Lipinski definition) is 1. The molecule has 3 aromatic rings. The van der Waals surface area contributed by atoms with E-state index in [9.17, 15) is 13.2 Å². The third-order valence-electron chi connectivity index (χ3n) is 4.88. The highest BCUT2D eigenvalue weighted by molar-refractivity contribution is 5.77. The van der Waals surface area contributed by atoms with Crippen molar-refractivity contribution >= 4 is 16.9 Å². The average Bonchev–Trinajstić information content (AvgIpc) is 3.35. The van der Waals surface area contributed by atoms with Crippen LogP contribution in [0.4, 0.5) is 13.2 Å². The number of rotatable bonds is 5. The van der Waals surface area contributed by atoms with E-state index in [0.29, 0.717) is 12.6 Å². The maximum Gasteiger partial charge on any atom is 0.490 e. The second-order valence-corrected chi connectivity index (χ2v) is 7.18. The van der Waals surface area contributed by atoms with Crippen molar-refractivity contribution < 1.29 is 32.2 Å². The molecule has 0 aliphatic carbocycles. The molecule has 0 atom stereocenters. The lowest BCUT2D eigenvalue weighted by Crippen LogP contribution is -2.34. The summed E-state index contributed by atoms with van der Waals surface area (Å²) in [7, 11) is 1.68. The first-order valence-corrected chi connectivity index (χ1v) is 9.66. The molecule has 4 rings (SSSR count). The molecule has 31 heavy (non-hydrogen) atoms. The lowest BCUT2D eigenvalue weighted by Gasteiger charge is -2.31. The molecule has 0 unspecified atom stereocenters. The normalized spacial score (nSPS) is 15.6. The molecule has 8 nitrogen and oxygen atoms in total. The number of ether oxygens (including phenoxy) is 1. The summed E-state index contributed by atoms with van der Waals surface area (Å²) < 4.78 is 44.8. The maximum atomic E-state index is 10.6. The number of methoxy groups -OCH3 is 1. The Labute approximate surface area is 176 Å². The van der Waals surface area contributed by atoms with Crippen molar-refractivity contribution in [3.8, 4) is 0 Å². The summed E-state index contributed by atoms with van der Waals surface area (Å²) in [6.07, 6.45) is -0.922. The van der Waals surface area contributed by atoms with Crippen molar-refractivity contribution in [1.82, 2.24) is 19.9 Å². The Balaban J connectivity index is 0.000000339. The van der Waals surface area contributed by atoms with Crippen molar-refractivity contribution in [2.75, 3.05) is 20.2 Å². The number of nitrogens with zero attached hydrogens (tertiary/aromatic N) is 4. The number of furan rings is 1. The molecule has 0 spiro atoms. The van der Waals surface area contributed by atoms with Gasteiger partial charge in [0.25, 0.3) is 0 Å². The zero-order chi connectivity index (χ0) is 22.4. The van der Waals surface area contributed by atoms with Gasteiger partial charge in [-0.15, -0.1) is 5.10 Å². The van der Waals surface area contributed by atoms with Crippen LogP contribution in [0.15, 0.2) is 40.9 Å². The maximum absolute atomic E-state index is 10.6. The number of fused-ring (bicyclic) bond motifs is 1.